The summed E-state index contributed by atoms with van der Waals surface area (Å²) in [5.41, 5.74) is 2.82. The first-order chi connectivity index (χ1) is 15.6. The van der Waals surface area contributed by atoms with Crippen molar-refractivity contribution in [3.63, 3.8) is 0 Å². The quantitative estimate of drug-likeness (QED) is 0.400. The van der Waals surface area contributed by atoms with E-state index in [-0.39, 0.29) is 10.5 Å². The highest BCUT2D eigenvalue weighted by Crippen LogP contribution is 2.28. The van der Waals surface area contributed by atoms with Crippen LogP contribution in [0.2, 0.25) is 5.02 Å². The highest BCUT2D eigenvalue weighted by atomic mass is 35.5. The van der Waals surface area contributed by atoms with E-state index in [0.29, 0.717) is 27.4 Å². The van der Waals surface area contributed by atoms with Gasteiger partial charge >= 0.3 is 0 Å². The van der Waals surface area contributed by atoms with Crippen LogP contribution in [0.25, 0.3) is 16.6 Å². The van der Waals surface area contributed by atoms with Crippen LogP contribution in [0, 0.1) is 13.8 Å². The lowest BCUT2D eigenvalue weighted by Crippen LogP contribution is -2.35. The molecule has 1 atom stereocenters. The van der Waals surface area contributed by atoms with Gasteiger partial charge in [-0.05, 0) is 74.4 Å². The number of hydrogen-bond acceptors (Lipinski definition) is 4. The first kappa shape index (κ1) is 23.2. The summed E-state index contributed by atoms with van der Waals surface area (Å²) in [6.45, 7) is 5.59. The highest BCUT2D eigenvalue weighted by Gasteiger charge is 2.30. The number of para-hydroxylation sites is 1. The minimum atomic E-state index is -3.87. The van der Waals surface area contributed by atoms with E-state index < -0.39 is 16.1 Å². The molecule has 4 rings (SSSR count). The second kappa shape index (κ2) is 8.74. The maximum Gasteiger partial charge on any atom is 0.266 e. The molecule has 0 N–H and O–H groups in total. The average Bonchev–Trinajstić information content (AvgIpc) is 2.80. The Morgan fingerprint density at radius 1 is 1.00 bits per heavy atom. The second-order valence-electron chi connectivity index (χ2n) is 8.07. The second-order valence-corrected chi connectivity index (χ2v) is 10.5. The number of aromatic nitrogens is 2. The minimum absolute atomic E-state index is 0.114. The zero-order valence-electron chi connectivity index (χ0n) is 18.8. The molecule has 1 unspecified atom stereocenters. The van der Waals surface area contributed by atoms with Gasteiger partial charge in [0.25, 0.3) is 5.56 Å². The molecule has 1 aromatic heterocycles. The topological polar surface area (TPSA) is 72.3 Å². The Labute approximate surface area is 198 Å². The van der Waals surface area contributed by atoms with Crippen molar-refractivity contribution >= 4 is 32.5 Å². The number of nitrogens with zero attached hydrogens (tertiary/aromatic N) is 3. The molecule has 0 aliphatic rings. The monoisotopic (exact) mass is 481 g/mol. The van der Waals surface area contributed by atoms with Gasteiger partial charge in [-0.25, -0.2) is 13.4 Å². The van der Waals surface area contributed by atoms with Crippen LogP contribution in [-0.4, -0.2) is 29.3 Å². The molecule has 170 valence electrons. The SMILES string of the molecule is Cc1ccc(C)c(-n2c(C(C)N(C)S(=O)(=O)c3ccc(Cl)cc3)nc3ccccc3c2=O)c1. The summed E-state index contributed by atoms with van der Waals surface area (Å²) in [6, 6.07) is 18.2. The number of hydrogen-bond donors (Lipinski definition) is 0. The van der Waals surface area contributed by atoms with E-state index in [0.717, 1.165) is 11.1 Å². The molecule has 0 bridgehead atoms. The fraction of sp³-hybridized carbons (Fsp3) is 0.200. The van der Waals surface area contributed by atoms with Crippen LogP contribution < -0.4 is 5.56 Å². The predicted molar refractivity (Wildman–Crippen MR) is 132 cm³/mol. The Bertz CT molecular complexity index is 1510. The molecular formula is C25H24ClN3O3S. The van der Waals surface area contributed by atoms with Crippen LogP contribution in [-0.2, 0) is 10.0 Å². The zero-order chi connectivity index (χ0) is 23.9. The molecule has 8 heteroatoms. The maximum absolute atomic E-state index is 13.6. The summed E-state index contributed by atoms with van der Waals surface area (Å²) >= 11 is 5.93. The smallest absolute Gasteiger partial charge is 0.266 e. The normalized spacial score (nSPS) is 12.9. The minimum Gasteiger partial charge on any atom is -0.268 e. The molecule has 0 aliphatic carbocycles. The van der Waals surface area contributed by atoms with Gasteiger partial charge in [0.05, 0.1) is 27.5 Å². The lowest BCUT2D eigenvalue weighted by atomic mass is 10.1. The molecule has 0 amide bonds. The fourth-order valence-electron chi connectivity index (χ4n) is 3.77. The standard InChI is InChI=1S/C25H24ClN3O3S/c1-16-9-10-17(2)23(15-16)29-24(27-22-8-6-5-7-21(22)25(29)30)18(3)28(4)33(31,32)20-13-11-19(26)12-14-20/h5-15,18H,1-4H3. The third kappa shape index (κ3) is 4.19. The molecule has 0 spiro atoms. The van der Waals surface area contributed by atoms with Crippen molar-refractivity contribution in [3.05, 3.63) is 99.1 Å². The van der Waals surface area contributed by atoms with Crippen molar-refractivity contribution in [1.82, 2.24) is 13.9 Å². The first-order valence-electron chi connectivity index (χ1n) is 10.4. The number of aryl methyl sites for hydroxylation is 2. The van der Waals surface area contributed by atoms with Crippen molar-refractivity contribution in [2.75, 3.05) is 7.05 Å². The third-order valence-electron chi connectivity index (χ3n) is 5.82. The van der Waals surface area contributed by atoms with Gasteiger partial charge in [0.2, 0.25) is 10.0 Å². The Kier molecular flexibility index (Phi) is 6.14. The highest BCUT2D eigenvalue weighted by molar-refractivity contribution is 7.89. The number of benzene rings is 3. The van der Waals surface area contributed by atoms with Crippen LogP contribution in [0.3, 0.4) is 0 Å². The van der Waals surface area contributed by atoms with Crippen molar-refractivity contribution < 1.29 is 8.42 Å². The Morgan fingerprint density at radius 2 is 1.67 bits per heavy atom. The van der Waals surface area contributed by atoms with E-state index in [1.165, 1.54) is 40.2 Å². The summed E-state index contributed by atoms with van der Waals surface area (Å²) in [5.74, 6) is 0.340. The van der Waals surface area contributed by atoms with Gasteiger partial charge in [-0.15, -0.1) is 0 Å². The van der Waals surface area contributed by atoms with Crippen LogP contribution in [0.15, 0.2) is 76.4 Å². The molecule has 1 heterocycles. The summed E-state index contributed by atoms with van der Waals surface area (Å²) < 4.78 is 29.4. The van der Waals surface area contributed by atoms with Crippen molar-refractivity contribution in [2.45, 2.75) is 31.7 Å². The number of halogens is 1. The van der Waals surface area contributed by atoms with Gasteiger partial charge in [0.15, 0.2) is 0 Å². The van der Waals surface area contributed by atoms with Crippen molar-refractivity contribution in [1.29, 1.82) is 0 Å². The van der Waals surface area contributed by atoms with Gasteiger partial charge in [-0.2, -0.15) is 4.31 Å². The van der Waals surface area contributed by atoms with Crippen LogP contribution in [0.4, 0.5) is 0 Å². The van der Waals surface area contributed by atoms with Crippen LogP contribution in [0.5, 0.6) is 0 Å². The largest absolute Gasteiger partial charge is 0.268 e. The van der Waals surface area contributed by atoms with E-state index in [9.17, 15) is 13.2 Å². The third-order valence-corrected chi connectivity index (χ3v) is 8.01. The molecular weight excluding hydrogens is 458 g/mol. The van der Waals surface area contributed by atoms with Gasteiger partial charge < -0.3 is 0 Å². The van der Waals surface area contributed by atoms with E-state index in [1.807, 2.05) is 32.0 Å². The zero-order valence-corrected chi connectivity index (χ0v) is 20.4. The van der Waals surface area contributed by atoms with E-state index in [4.69, 9.17) is 16.6 Å². The summed E-state index contributed by atoms with van der Waals surface area (Å²) in [7, 11) is -2.38. The van der Waals surface area contributed by atoms with Gasteiger partial charge in [0, 0.05) is 12.1 Å². The summed E-state index contributed by atoms with van der Waals surface area (Å²) in [4.78, 5) is 18.5. The predicted octanol–water partition coefficient (Wildman–Crippen LogP) is 5.04. The van der Waals surface area contributed by atoms with Crippen molar-refractivity contribution in [3.8, 4) is 5.69 Å². The van der Waals surface area contributed by atoms with E-state index in [1.54, 1.807) is 31.2 Å². The van der Waals surface area contributed by atoms with Crippen molar-refractivity contribution in [2.24, 2.45) is 0 Å². The lowest BCUT2D eigenvalue weighted by Gasteiger charge is -2.27. The summed E-state index contributed by atoms with van der Waals surface area (Å²) in [5, 5.41) is 0.919. The molecule has 4 aromatic rings. The molecule has 33 heavy (non-hydrogen) atoms. The summed E-state index contributed by atoms with van der Waals surface area (Å²) in [6.07, 6.45) is 0. The Morgan fingerprint density at radius 3 is 2.36 bits per heavy atom. The van der Waals surface area contributed by atoms with Crippen LogP contribution >= 0.6 is 11.6 Å². The number of rotatable bonds is 5. The van der Waals surface area contributed by atoms with Gasteiger partial charge in [0.1, 0.15) is 5.82 Å². The number of sulfonamides is 1. The maximum atomic E-state index is 13.6. The molecule has 6 nitrogen and oxygen atoms in total. The molecule has 0 radical (unpaired) electrons. The molecule has 0 saturated heterocycles. The lowest BCUT2D eigenvalue weighted by molar-refractivity contribution is 0.379. The fourth-order valence-corrected chi connectivity index (χ4v) is 5.22. The molecule has 0 aliphatic heterocycles. The molecule has 0 saturated carbocycles. The average molecular weight is 482 g/mol. The van der Waals surface area contributed by atoms with Crippen LogP contribution in [0.1, 0.15) is 29.9 Å². The Balaban J connectivity index is 1.95. The van der Waals surface area contributed by atoms with Gasteiger partial charge in [-0.3, -0.25) is 9.36 Å². The van der Waals surface area contributed by atoms with E-state index in [2.05, 4.69) is 0 Å². The molecule has 3 aromatic carbocycles. The number of fused-ring (bicyclic) bond motifs is 1. The van der Waals surface area contributed by atoms with E-state index >= 15 is 0 Å². The Hall–Kier alpha value is -3.00. The first-order valence-corrected chi connectivity index (χ1v) is 12.3. The van der Waals surface area contributed by atoms with Gasteiger partial charge in [-0.1, -0.05) is 35.9 Å². The molecule has 0 fully saturated rings.